The van der Waals surface area contributed by atoms with Crippen molar-refractivity contribution in [2.45, 2.75) is 51.0 Å². The van der Waals surface area contributed by atoms with Crippen LogP contribution in [0.2, 0.25) is 0 Å². The third kappa shape index (κ3) is 2.94. The van der Waals surface area contributed by atoms with E-state index >= 15 is 0 Å². The molecule has 0 aromatic heterocycles. The van der Waals surface area contributed by atoms with Crippen LogP contribution in [-0.4, -0.2) is 36.5 Å². The highest BCUT2D eigenvalue weighted by Crippen LogP contribution is 2.14. The molecular weight excluding hydrogens is 188 g/mol. The Morgan fingerprint density at radius 1 is 1.00 bits per heavy atom. The van der Waals surface area contributed by atoms with Crippen molar-refractivity contribution in [1.29, 1.82) is 0 Å². The van der Waals surface area contributed by atoms with Gasteiger partial charge >= 0.3 is 0 Å². The average molecular weight is 210 g/mol. The van der Waals surface area contributed by atoms with Crippen molar-refractivity contribution >= 4 is 5.91 Å². The molecule has 2 aliphatic rings. The quantitative estimate of drug-likeness (QED) is 0.712. The van der Waals surface area contributed by atoms with Crippen LogP contribution >= 0.6 is 0 Å². The van der Waals surface area contributed by atoms with E-state index in [0.29, 0.717) is 5.91 Å². The molecule has 2 aliphatic heterocycles. The molecule has 3 heteroatoms. The zero-order valence-corrected chi connectivity index (χ0v) is 9.50. The van der Waals surface area contributed by atoms with Gasteiger partial charge in [0.15, 0.2) is 0 Å². The lowest BCUT2D eigenvalue weighted by Crippen LogP contribution is -2.44. The number of nitrogens with zero attached hydrogens (tertiary/aromatic N) is 1. The van der Waals surface area contributed by atoms with Gasteiger partial charge in [0.1, 0.15) is 0 Å². The summed E-state index contributed by atoms with van der Waals surface area (Å²) >= 11 is 0. The van der Waals surface area contributed by atoms with E-state index in [1.807, 2.05) is 0 Å². The van der Waals surface area contributed by atoms with Crippen LogP contribution in [0.25, 0.3) is 0 Å². The number of likely N-dealkylation sites (tertiary alicyclic amines) is 1. The van der Waals surface area contributed by atoms with Crippen molar-refractivity contribution in [3.8, 4) is 0 Å². The van der Waals surface area contributed by atoms with E-state index < -0.39 is 0 Å². The summed E-state index contributed by atoms with van der Waals surface area (Å²) in [6, 6.07) is 0.129. The molecule has 2 saturated heterocycles. The summed E-state index contributed by atoms with van der Waals surface area (Å²) in [4.78, 5) is 14.2. The molecule has 15 heavy (non-hydrogen) atoms. The standard InChI is InChI=1S/C12H22N2O/c15-12(11-7-6-8-13-11)14-9-4-2-1-3-5-10-14/h11,13H,1-10H2/t11-/m0/s1. The first kappa shape index (κ1) is 10.9. The Kier molecular flexibility index (Phi) is 4.01. The van der Waals surface area contributed by atoms with Gasteiger partial charge in [0.2, 0.25) is 5.91 Å². The van der Waals surface area contributed by atoms with Gasteiger partial charge in [-0.25, -0.2) is 0 Å². The van der Waals surface area contributed by atoms with Crippen molar-refractivity contribution in [2.75, 3.05) is 19.6 Å². The predicted octanol–water partition coefficient (Wildman–Crippen LogP) is 1.53. The lowest BCUT2D eigenvalue weighted by atomic mass is 10.1. The number of nitrogens with one attached hydrogen (secondary N) is 1. The van der Waals surface area contributed by atoms with E-state index in [2.05, 4.69) is 10.2 Å². The third-order valence-electron chi connectivity index (χ3n) is 3.53. The van der Waals surface area contributed by atoms with Crippen LogP contribution in [0.3, 0.4) is 0 Å². The van der Waals surface area contributed by atoms with Gasteiger partial charge in [-0.1, -0.05) is 19.3 Å². The fourth-order valence-electron chi connectivity index (χ4n) is 2.58. The molecule has 2 fully saturated rings. The molecule has 0 aliphatic carbocycles. The van der Waals surface area contributed by atoms with E-state index in [4.69, 9.17) is 0 Å². The molecule has 3 nitrogen and oxygen atoms in total. The smallest absolute Gasteiger partial charge is 0.239 e. The summed E-state index contributed by atoms with van der Waals surface area (Å²) in [5.41, 5.74) is 0. The minimum absolute atomic E-state index is 0.129. The highest BCUT2D eigenvalue weighted by atomic mass is 16.2. The van der Waals surface area contributed by atoms with E-state index in [0.717, 1.165) is 32.5 Å². The summed E-state index contributed by atoms with van der Waals surface area (Å²) in [5.74, 6) is 0.356. The van der Waals surface area contributed by atoms with Gasteiger partial charge in [-0.15, -0.1) is 0 Å². The molecule has 0 aromatic rings. The fraction of sp³-hybridized carbons (Fsp3) is 0.917. The van der Waals surface area contributed by atoms with Crippen LogP contribution in [0.5, 0.6) is 0 Å². The number of carbonyl (C=O) groups is 1. The lowest BCUT2D eigenvalue weighted by molar-refractivity contribution is -0.133. The normalized spacial score (nSPS) is 28.5. The SMILES string of the molecule is O=C([C@@H]1CCCN1)N1CCCCCCC1. The Bertz CT molecular complexity index is 204. The molecule has 0 saturated carbocycles. The van der Waals surface area contributed by atoms with E-state index in [-0.39, 0.29) is 6.04 Å². The Labute approximate surface area is 92.2 Å². The van der Waals surface area contributed by atoms with Crippen molar-refractivity contribution in [3.63, 3.8) is 0 Å². The fourth-order valence-corrected chi connectivity index (χ4v) is 2.58. The molecule has 0 unspecified atom stereocenters. The summed E-state index contributed by atoms with van der Waals surface area (Å²) in [6.45, 7) is 2.98. The Hall–Kier alpha value is -0.570. The zero-order chi connectivity index (χ0) is 10.5. The highest BCUT2D eigenvalue weighted by Gasteiger charge is 2.26. The number of carbonyl (C=O) groups excluding carboxylic acids is 1. The number of amides is 1. The monoisotopic (exact) mass is 210 g/mol. The molecule has 1 N–H and O–H groups in total. The Morgan fingerprint density at radius 3 is 2.27 bits per heavy atom. The molecule has 0 bridgehead atoms. The number of rotatable bonds is 1. The molecule has 0 aromatic carbocycles. The Morgan fingerprint density at radius 2 is 1.67 bits per heavy atom. The molecule has 1 atom stereocenters. The Balaban J connectivity index is 1.85. The second-order valence-electron chi connectivity index (χ2n) is 4.74. The average Bonchev–Trinajstić information content (AvgIpc) is 2.68. The van der Waals surface area contributed by atoms with E-state index in [1.165, 1.54) is 32.1 Å². The maximum Gasteiger partial charge on any atom is 0.239 e. The number of hydrogen-bond donors (Lipinski definition) is 1. The minimum atomic E-state index is 0.129. The third-order valence-corrected chi connectivity index (χ3v) is 3.53. The van der Waals surface area contributed by atoms with Gasteiger partial charge in [0.05, 0.1) is 6.04 Å². The van der Waals surface area contributed by atoms with Gasteiger partial charge in [0, 0.05) is 13.1 Å². The highest BCUT2D eigenvalue weighted by molar-refractivity contribution is 5.82. The molecule has 86 valence electrons. The van der Waals surface area contributed by atoms with Gasteiger partial charge in [-0.2, -0.15) is 0 Å². The second kappa shape index (κ2) is 5.50. The van der Waals surface area contributed by atoms with Gasteiger partial charge in [0.25, 0.3) is 0 Å². The first-order valence-electron chi connectivity index (χ1n) is 6.40. The first-order chi connectivity index (χ1) is 7.38. The zero-order valence-electron chi connectivity index (χ0n) is 9.50. The van der Waals surface area contributed by atoms with Crippen LogP contribution in [0.1, 0.15) is 44.9 Å². The summed E-state index contributed by atoms with van der Waals surface area (Å²) < 4.78 is 0. The van der Waals surface area contributed by atoms with Gasteiger partial charge in [-0.3, -0.25) is 4.79 Å². The summed E-state index contributed by atoms with van der Waals surface area (Å²) in [5, 5.41) is 3.30. The summed E-state index contributed by atoms with van der Waals surface area (Å²) in [7, 11) is 0. The maximum absolute atomic E-state index is 12.1. The first-order valence-corrected chi connectivity index (χ1v) is 6.40. The molecule has 2 heterocycles. The largest absolute Gasteiger partial charge is 0.341 e. The number of hydrogen-bond acceptors (Lipinski definition) is 2. The van der Waals surface area contributed by atoms with Crippen molar-refractivity contribution in [1.82, 2.24) is 10.2 Å². The van der Waals surface area contributed by atoms with Crippen LogP contribution in [0.4, 0.5) is 0 Å². The van der Waals surface area contributed by atoms with E-state index in [1.54, 1.807) is 0 Å². The van der Waals surface area contributed by atoms with Crippen molar-refractivity contribution < 1.29 is 4.79 Å². The summed E-state index contributed by atoms with van der Waals surface area (Å²) in [6.07, 6.45) is 8.52. The van der Waals surface area contributed by atoms with Crippen LogP contribution in [-0.2, 0) is 4.79 Å². The predicted molar refractivity (Wildman–Crippen MR) is 60.7 cm³/mol. The minimum Gasteiger partial charge on any atom is -0.341 e. The second-order valence-corrected chi connectivity index (χ2v) is 4.74. The van der Waals surface area contributed by atoms with Crippen molar-refractivity contribution in [2.24, 2.45) is 0 Å². The van der Waals surface area contributed by atoms with Gasteiger partial charge < -0.3 is 10.2 Å². The molecule has 1 amide bonds. The topological polar surface area (TPSA) is 32.3 Å². The van der Waals surface area contributed by atoms with Gasteiger partial charge in [-0.05, 0) is 32.2 Å². The van der Waals surface area contributed by atoms with E-state index in [9.17, 15) is 4.79 Å². The van der Waals surface area contributed by atoms with Crippen LogP contribution in [0.15, 0.2) is 0 Å². The van der Waals surface area contributed by atoms with Crippen molar-refractivity contribution in [3.05, 3.63) is 0 Å². The molecule has 0 radical (unpaired) electrons. The lowest BCUT2D eigenvalue weighted by Gasteiger charge is -2.27. The van der Waals surface area contributed by atoms with Crippen LogP contribution in [0, 0.1) is 0 Å². The molecule has 2 rings (SSSR count). The maximum atomic E-state index is 12.1. The molecule has 0 spiro atoms. The van der Waals surface area contributed by atoms with Crippen LogP contribution < -0.4 is 5.32 Å². The molecular formula is C12H22N2O.